The minimum Gasteiger partial charge on any atom is -0.372 e. The second kappa shape index (κ2) is 4.59. The molecule has 0 saturated heterocycles. The van der Waals surface area contributed by atoms with Gasteiger partial charge in [0.25, 0.3) is 0 Å². The van der Waals surface area contributed by atoms with Crippen LogP contribution in [0.25, 0.3) is 0 Å². The highest BCUT2D eigenvalue weighted by Gasteiger charge is 2.16. The Bertz CT molecular complexity index is 662. The largest absolute Gasteiger partial charge is 0.372 e. The van der Waals surface area contributed by atoms with Gasteiger partial charge in [0.05, 0.1) is 13.2 Å². The van der Waals surface area contributed by atoms with Crippen LogP contribution in [0.3, 0.4) is 0 Å². The highest BCUT2D eigenvalue weighted by molar-refractivity contribution is 6.10. The van der Waals surface area contributed by atoms with Crippen LogP contribution < -0.4 is 0 Å². The highest BCUT2D eigenvalue weighted by Crippen LogP contribution is 2.23. The summed E-state index contributed by atoms with van der Waals surface area (Å²) in [5, 5.41) is 0. The third-order valence-corrected chi connectivity index (χ3v) is 3.42. The molecule has 2 aromatic carbocycles. The standard InChI is InChI=1S/C16H13FO2/c1-10-6-14(17)4-5-15(10)16(18)11-2-3-12-8-19-9-13(12)7-11/h2-7H,8-9H2,1H3. The lowest BCUT2D eigenvalue weighted by atomic mass is 9.96. The molecular formula is C16H13FO2. The molecule has 0 aromatic heterocycles. The SMILES string of the molecule is Cc1cc(F)ccc1C(=O)c1ccc2c(c1)COC2. The topological polar surface area (TPSA) is 26.3 Å². The van der Waals surface area contributed by atoms with E-state index in [1.807, 2.05) is 12.1 Å². The molecule has 0 unspecified atom stereocenters. The molecule has 0 N–H and O–H groups in total. The van der Waals surface area contributed by atoms with Gasteiger partial charge >= 0.3 is 0 Å². The van der Waals surface area contributed by atoms with Crippen LogP contribution in [0.5, 0.6) is 0 Å². The van der Waals surface area contributed by atoms with Crippen LogP contribution in [0.15, 0.2) is 36.4 Å². The van der Waals surface area contributed by atoms with Crippen LogP contribution in [0.4, 0.5) is 4.39 Å². The van der Waals surface area contributed by atoms with Crippen molar-refractivity contribution in [2.45, 2.75) is 20.1 Å². The number of fused-ring (bicyclic) bond motifs is 1. The number of carbonyl (C=O) groups excluding carboxylic acids is 1. The maximum Gasteiger partial charge on any atom is 0.193 e. The van der Waals surface area contributed by atoms with Gasteiger partial charge in [0, 0.05) is 11.1 Å². The first kappa shape index (κ1) is 12.1. The first-order valence-corrected chi connectivity index (χ1v) is 6.15. The number of rotatable bonds is 2. The van der Waals surface area contributed by atoms with Gasteiger partial charge in [-0.1, -0.05) is 12.1 Å². The molecule has 1 heterocycles. The van der Waals surface area contributed by atoms with Gasteiger partial charge in [-0.15, -0.1) is 0 Å². The first-order valence-electron chi connectivity index (χ1n) is 6.15. The lowest BCUT2D eigenvalue weighted by Crippen LogP contribution is -2.04. The Labute approximate surface area is 110 Å². The van der Waals surface area contributed by atoms with Crippen molar-refractivity contribution in [2.24, 2.45) is 0 Å². The zero-order valence-electron chi connectivity index (χ0n) is 10.6. The summed E-state index contributed by atoms with van der Waals surface area (Å²) in [6.45, 7) is 2.91. The van der Waals surface area contributed by atoms with Crippen molar-refractivity contribution in [2.75, 3.05) is 0 Å². The predicted octanol–water partition coefficient (Wildman–Crippen LogP) is 3.40. The van der Waals surface area contributed by atoms with Crippen molar-refractivity contribution < 1.29 is 13.9 Å². The van der Waals surface area contributed by atoms with E-state index in [9.17, 15) is 9.18 Å². The van der Waals surface area contributed by atoms with Crippen molar-refractivity contribution in [1.82, 2.24) is 0 Å². The van der Waals surface area contributed by atoms with Crippen LogP contribution in [0, 0.1) is 12.7 Å². The van der Waals surface area contributed by atoms with E-state index in [4.69, 9.17) is 4.74 Å². The monoisotopic (exact) mass is 256 g/mol. The Balaban J connectivity index is 2.00. The van der Waals surface area contributed by atoms with Gasteiger partial charge in [0.15, 0.2) is 5.78 Å². The minimum atomic E-state index is -0.323. The van der Waals surface area contributed by atoms with Gasteiger partial charge < -0.3 is 4.74 Å². The molecule has 0 amide bonds. The molecule has 0 aliphatic carbocycles. The number of hydrogen-bond donors (Lipinski definition) is 0. The van der Waals surface area contributed by atoms with Gasteiger partial charge in [-0.05, 0) is 47.9 Å². The Kier molecular flexibility index (Phi) is 2.91. The van der Waals surface area contributed by atoms with E-state index in [-0.39, 0.29) is 11.6 Å². The molecule has 2 nitrogen and oxygen atoms in total. The van der Waals surface area contributed by atoms with Crippen molar-refractivity contribution in [3.63, 3.8) is 0 Å². The third-order valence-electron chi connectivity index (χ3n) is 3.42. The van der Waals surface area contributed by atoms with Crippen molar-refractivity contribution in [3.8, 4) is 0 Å². The fraction of sp³-hybridized carbons (Fsp3) is 0.188. The molecular weight excluding hydrogens is 243 g/mol. The molecule has 19 heavy (non-hydrogen) atoms. The van der Waals surface area contributed by atoms with E-state index in [0.717, 1.165) is 11.1 Å². The molecule has 0 saturated carbocycles. The second-order valence-corrected chi connectivity index (χ2v) is 4.76. The number of aryl methyl sites for hydroxylation is 1. The van der Waals surface area contributed by atoms with Crippen molar-refractivity contribution in [3.05, 3.63) is 70.0 Å². The number of ketones is 1. The number of benzene rings is 2. The Morgan fingerprint density at radius 2 is 1.89 bits per heavy atom. The van der Waals surface area contributed by atoms with Gasteiger partial charge in [0.2, 0.25) is 0 Å². The molecule has 0 bridgehead atoms. The summed E-state index contributed by atoms with van der Waals surface area (Å²) in [6.07, 6.45) is 0. The molecule has 0 spiro atoms. The van der Waals surface area contributed by atoms with E-state index in [2.05, 4.69) is 0 Å². The fourth-order valence-corrected chi connectivity index (χ4v) is 2.35. The van der Waals surface area contributed by atoms with Gasteiger partial charge in [-0.2, -0.15) is 0 Å². The molecule has 3 rings (SSSR count). The van der Waals surface area contributed by atoms with E-state index < -0.39 is 0 Å². The fourth-order valence-electron chi connectivity index (χ4n) is 2.35. The molecule has 0 fully saturated rings. The Hall–Kier alpha value is -2.00. The van der Waals surface area contributed by atoms with Gasteiger partial charge in [-0.25, -0.2) is 4.39 Å². The molecule has 1 aliphatic rings. The predicted molar refractivity (Wildman–Crippen MR) is 69.5 cm³/mol. The third kappa shape index (κ3) is 2.17. The van der Waals surface area contributed by atoms with E-state index in [0.29, 0.717) is 29.9 Å². The second-order valence-electron chi connectivity index (χ2n) is 4.76. The number of halogens is 1. The normalized spacial score (nSPS) is 13.4. The van der Waals surface area contributed by atoms with E-state index >= 15 is 0 Å². The summed E-state index contributed by atoms with van der Waals surface area (Å²) in [6, 6.07) is 9.83. The molecule has 0 radical (unpaired) electrons. The van der Waals surface area contributed by atoms with Crippen LogP contribution in [-0.2, 0) is 18.0 Å². The van der Waals surface area contributed by atoms with Crippen LogP contribution in [-0.4, -0.2) is 5.78 Å². The van der Waals surface area contributed by atoms with Crippen molar-refractivity contribution in [1.29, 1.82) is 0 Å². The average molecular weight is 256 g/mol. The summed E-state index contributed by atoms with van der Waals surface area (Å²) in [5.74, 6) is -0.399. The summed E-state index contributed by atoms with van der Waals surface area (Å²) < 4.78 is 18.4. The average Bonchev–Trinajstić information content (AvgIpc) is 2.85. The van der Waals surface area contributed by atoms with Crippen molar-refractivity contribution >= 4 is 5.78 Å². The number of carbonyl (C=O) groups is 1. The maximum absolute atomic E-state index is 13.1. The quantitative estimate of drug-likeness (QED) is 0.770. The molecule has 96 valence electrons. The highest BCUT2D eigenvalue weighted by atomic mass is 19.1. The van der Waals surface area contributed by atoms with Gasteiger partial charge in [-0.3, -0.25) is 4.79 Å². The lowest BCUT2D eigenvalue weighted by molar-refractivity contribution is 0.103. The zero-order chi connectivity index (χ0) is 13.4. The summed E-state index contributed by atoms with van der Waals surface area (Å²) in [4.78, 5) is 12.4. The molecule has 0 atom stereocenters. The minimum absolute atomic E-state index is 0.0767. The number of hydrogen-bond acceptors (Lipinski definition) is 2. The summed E-state index contributed by atoms with van der Waals surface area (Å²) >= 11 is 0. The lowest BCUT2D eigenvalue weighted by Gasteiger charge is -2.06. The first-order chi connectivity index (χ1) is 9.15. The summed E-state index contributed by atoms with van der Waals surface area (Å²) in [7, 11) is 0. The van der Waals surface area contributed by atoms with E-state index in [1.54, 1.807) is 13.0 Å². The van der Waals surface area contributed by atoms with Gasteiger partial charge in [0.1, 0.15) is 5.82 Å². The Morgan fingerprint density at radius 1 is 1.11 bits per heavy atom. The Morgan fingerprint density at radius 3 is 2.68 bits per heavy atom. The maximum atomic E-state index is 13.1. The number of ether oxygens (including phenoxy) is 1. The molecule has 3 heteroatoms. The smallest absolute Gasteiger partial charge is 0.193 e. The zero-order valence-corrected chi connectivity index (χ0v) is 10.6. The van der Waals surface area contributed by atoms with E-state index in [1.165, 1.54) is 18.2 Å². The summed E-state index contributed by atoms with van der Waals surface area (Å²) in [5.41, 5.74) is 4.01. The molecule has 2 aromatic rings. The van der Waals surface area contributed by atoms with Crippen LogP contribution in [0.2, 0.25) is 0 Å². The van der Waals surface area contributed by atoms with Crippen LogP contribution >= 0.6 is 0 Å². The molecule has 1 aliphatic heterocycles. The van der Waals surface area contributed by atoms with Crippen LogP contribution in [0.1, 0.15) is 32.6 Å².